The molecule has 0 unspecified atom stereocenters. The molecule has 1 amide bonds. The molecule has 1 aromatic carbocycles. The van der Waals surface area contributed by atoms with Gasteiger partial charge in [0.2, 0.25) is 0 Å². The molecule has 0 bridgehead atoms. The molecule has 1 aliphatic heterocycles. The number of benzene rings is 1. The van der Waals surface area contributed by atoms with Gasteiger partial charge in [-0.1, -0.05) is 0 Å². The van der Waals surface area contributed by atoms with Crippen LogP contribution in [0.15, 0.2) is 33.5 Å². The van der Waals surface area contributed by atoms with E-state index in [9.17, 15) is 27.6 Å². The number of hydrogen-bond donors (Lipinski definition) is 1. The Morgan fingerprint density at radius 1 is 1.16 bits per heavy atom. The van der Waals surface area contributed by atoms with Gasteiger partial charge in [0.25, 0.3) is 5.91 Å². The van der Waals surface area contributed by atoms with E-state index in [-0.39, 0.29) is 17.0 Å². The maximum absolute atomic E-state index is 13.2. The van der Waals surface area contributed by atoms with Gasteiger partial charge in [-0.2, -0.15) is 13.2 Å². The predicted molar refractivity (Wildman–Crippen MR) is 108 cm³/mol. The second-order valence-corrected chi connectivity index (χ2v) is 7.13. The lowest BCUT2D eigenvalue weighted by atomic mass is 10.1. The summed E-state index contributed by atoms with van der Waals surface area (Å²) in [5.74, 6) is -1.68. The predicted octanol–water partition coefficient (Wildman–Crippen LogP) is 2.91. The van der Waals surface area contributed by atoms with Gasteiger partial charge >= 0.3 is 17.8 Å². The Morgan fingerprint density at radius 2 is 1.84 bits per heavy atom. The average molecular weight is 454 g/mol. The van der Waals surface area contributed by atoms with E-state index in [1.807, 2.05) is 0 Å². The minimum atomic E-state index is -4.60. The topological polar surface area (TPSA) is 98.1 Å². The van der Waals surface area contributed by atoms with Gasteiger partial charge < -0.3 is 24.1 Å². The number of rotatable bonds is 5. The van der Waals surface area contributed by atoms with Crippen molar-refractivity contribution in [2.45, 2.75) is 20.0 Å². The summed E-state index contributed by atoms with van der Waals surface area (Å²) >= 11 is 0. The molecular formula is C21H21F3N2O6. The van der Waals surface area contributed by atoms with Gasteiger partial charge in [0.1, 0.15) is 11.3 Å². The number of nitrogens with one attached hydrogen (secondary N) is 1. The van der Waals surface area contributed by atoms with E-state index in [1.54, 1.807) is 4.90 Å². The van der Waals surface area contributed by atoms with Crippen LogP contribution in [0.25, 0.3) is 0 Å². The summed E-state index contributed by atoms with van der Waals surface area (Å²) in [6, 6.07) is 4.18. The van der Waals surface area contributed by atoms with Crippen molar-refractivity contribution in [3.63, 3.8) is 0 Å². The van der Waals surface area contributed by atoms with Crippen molar-refractivity contribution in [2.75, 3.05) is 43.1 Å². The molecule has 172 valence electrons. The normalized spacial score (nSPS) is 14.2. The standard InChI is InChI=1S/C21H21F3N2O6/c1-12-9-18(28)32-13(2)19(12)20(29)31-11-17(27)25-15-10-14(21(22,23)24)3-4-16(15)26-5-7-30-8-6-26/h3-4,9-10H,5-8,11H2,1-2H3,(H,25,27). The highest BCUT2D eigenvalue weighted by Gasteiger charge is 2.32. The first-order valence-electron chi connectivity index (χ1n) is 9.68. The molecule has 0 atom stereocenters. The molecule has 0 saturated carbocycles. The van der Waals surface area contributed by atoms with Crippen LogP contribution in [0.1, 0.15) is 27.2 Å². The van der Waals surface area contributed by atoms with Crippen molar-refractivity contribution < 1.29 is 36.7 Å². The number of aryl methyl sites for hydroxylation is 2. The number of nitrogens with zero attached hydrogens (tertiary/aromatic N) is 1. The number of alkyl halides is 3. The summed E-state index contributed by atoms with van der Waals surface area (Å²) in [7, 11) is 0. The molecule has 1 N–H and O–H groups in total. The zero-order valence-corrected chi connectivity index (χ0v) is 17.4. The summed E-state index contributed by atoms with van der Waals surface area (Å²) in [6.45, 7) is 3.87. The lowest BCUT2D eigenvalue weighted by molar-refractivity contribution is -0.137. The van der Waals surface area contributed by atoms with Gasteiger partial charge in [0.15, 0.2) is 6.61 Å². The number of halogens is 3. The second-order valence-electron chi connectivity index (χ2n) is 7.13. The van der Waals surface area contributed by atoms with Crippen molar-refractivity contribution in [2.24, 2.45) is 0 Å². The van der Waals surface area contributed by atoms with E-state index < -0.39 is 35.8 Å². The molecule has 1 fully saturated rings. The van der Waals surface area contributed by atoms with Crippen molar-refractivity contribution in [3.8, 4) is 0 Å². The Kier molecular flexibility index (Phi) is 6.87. The van der Waals surface area contributed by atoms with Gasteiger partial charge in [-0.3, -0.25) is 4.79 Å². The fourth-order valence-corrected chi connectivity index (χ4v) is 3.34. The van der Waals surface area contributed by atoms with Crippen molar-refractivity contribution in [1.82, 2.24) is 0 Å². The van der Waals surface area contributed by atoms with Crippen LogP contribution in [-0.4, -0.2) is 44.8 Å². The number of esters is 1. The Balaban J connectivity index is 1.76. The van der Waals surface area contributed by atoms with Gasteiger partial charge in [-0.05, 0) is 37.6 Å². The molecular weight excluding hydrogens is 433 g/mol. The number of amides is 1. The summed E-state index contributed by atoms with van der Waals surface area (Å²) in [4.78, 5) is 37.8. The number of anilines is 2. The van der Waals surface area contributed by atoms with Gasteiger partial charge in [0, 0.05) is 19.2 Å². The van der Waals surface area contributed by atoms with Gasteiger partial charge in [-0.25, -0.2) is 9.59 Å². The highest BCUT2D eigenvalue weighted by atomic mass is 19.4. The zero-order valence-electron chi connectivity index (χ0n) is 17.4. The van der Waals surface area contributed by atoms with Gasteiger partial charge in [0.05, 0.1) is 30.2 Å². The molecule has 0 aliphatic carbocycles. The van der Waals surface area contributed by atoms with Crippen LogP contribution in [0.4, 0.5) is 24.5 Å². The third-order valence-electron chi connectivity index (χ3n) is 4.82. The number of carbonyl (C=O) groups is 2. The molecule has 1 saturated heterocycles. The van der Waals surface area contributed by atoms with Crippen molar-refractivity contribution >= 4 is 23.3 Å². The molecule has 1 aromatic heterocycles. The zero-order chi connectivity index (χ0) is 23.5. The molecule has 1 aliphatic rings. The highest BCUT2D eigenvalue weighted by Crippen LogP contribution is 2.35. The van der Waals surface area contributed by atoms with Crippen LogP contribution >= 0.6 is 0 Å². The lowest BCUT2D eigenvalue weighted by Gasteiger charge is -2.31. The Labute approximate surface area is 180 Å². The summed E-state index contributed by atoms with van der Waals surface area (Å²) in [6.07, 6.45) is -4.60. The lowest BCUT2D eigenvalue weighted by Crippen LogP contribution is -2.37. The van der Waals surface area contributed by atoms with Crippen LogP contribution in [0.5, 0.6) is 0 Å². The molecule has 32 heavy (non-hydrogen) atoms. The van der Waals surface area contributed by atoms with E-state index in [0.29, 0.717) is 37.6 Å². The number of morpholine rings is 1. The van der Waals surface area contributed by atoms with E-state index in [2.05, 4.69) is 5.32 Å². The first-order valence-corrected chi connectivity index (χ1v) is 9.68. The quantitative estimate of drug-likeness (QED) is 0.694. The molecule has 11 heteroatoms. The maximum atomic E-state index is 13.2. The number of hydrogen-bond acceptors (Lipinski definition) is 7. The monoisotopic (exact) mass is 454 g/mol. The Bertz CT molecular complexity index is 1050. The fourth-order valence-electron chi connectivity index (χ4n) is 3.34. The first kappa shape index (κ1) is 23.3. The average Bonchev–Trinajstić information content (AvgIpc) is 2.71. The van der Waals surface area contributed by atoms with Crippen molar-refractivity contribution in [1.29, 1.82) is 0 Å². The Morgan fingerprint density at radius 3 is 2.47 bits per heavy atom. The van der Waals surface area contributed by atoms with E-state index in [0.717, 1.165) is 18.2 Å². The van der Waals surface area contributed by atoms with Crippen LogP contribution in [-0.2, 0) is 20.4 Å². The fraction of sp³-hybridized carbons (Fsp3) is 0.381. The largest absolute Gasteiger partial charge is 0.452 e. The van der Waals surface area contributed by atoms with Crippen molar-refractivity contribution in [3.05, 3.63) is 57.1 Å². The van der Waals surface area contributed by atoms with E-state index in [4.69, 9.17) is 13.9 Å². The first-order chi connectivity index (χ1) is 15.1. The molecule has 0 radical (unpaired) electrons. The number of ether oxygens (including phenoxy) is 2. The molecule has 8 nitrogen and oxygen atoms in total. The highest BCUT2D eigenvalue weighted by molar-refractivity contribution is 5.98. The number of carbonyl (C=O) groups excluding carboxylic acids is 2. The van der Waals surface area contributed by atoms with Crippen LogP contribution in [0, 0.1) is 13.8 Å². The molecule has 2 aromatic rings. The third-order valence-corrected chi connectivity index (χ3v) is 4.82. The van der Waals surface area contributed by atoms with Gasteiger partial charge in [-0.15, -0.1) is 0 Å². The van der Waals surface area contributed by atoms with Crippen LogP contribution < -0.4 is 15.8 Å². The Hall–Kier alpha value is -3.34. The minimum absolute atomic E-state index is 0.00507. The summed E-state index contributed by atoms with van der Waals surface area (Å²) in [5.41, 5.74) is -0.887. The summed E-state index contributed by atoms with van der Waals surface area (Å²) < 4.78 is 54.6. The SMILES string of the molecule is Cc1cc(=O)oc(C)c1C(=O)OCC(=O)Nc1cc(C(F)(F)F)ccc1N1CCOCC1. The van der Waals surface area contributed by atoms with Crippen LogP contribution in [0.2, 0.25) is 0 Å². The summed E-state index contributed by atoms with van der Waals surface area (Å²) in [5, 5.41) is 2.39. The van der Waals surface area contributed by atoms with E-state index in [1.165, 1.54) is 19.9 Å². The minimum Gasteiger partial charge on any atom is -0.452 e. The van der Waals surface area contributed by atoms with Crippen LogP contribution in [0.3, 0.4) is 0 Å². The van der Waals surface area contributed by atoms with E-state index >= 15 is 0 Å². The molecule has 2 heterocycles. The molecule has 0 spiro atoms. The smallest absolute Gasteiger partial charge is 0.416 e. The third kappa shape index (κ3) is 5.47. The maximum Gasteiger partial charge on any atom is 0.416 e. The molecule has 3 rings (SSSR count). The second kappa shape index (κ2) is 9.43.